The molecule has 0 fully saturated rings. The first-order chi connectivity index (χ1) is 9.97. The van der Waals surface area contributed by atoms with E-state index in [-0.39, 0.29) is 17.8 Å². The highest BCUT2D eigenvalue weighted by Crippen LogP contribution is 2.18. The molecule has 7 heteroatoms. The lowest BCUT2D eigenvalue weighted by atomic mass is 10.2. The molecule has 110 valence electrons. The molecular formula is C14H13FN2O4. The Morgan fingerprint density at radius 3 is 2.76 bits per heavy atom. The molecule has 0 aliphatic rings. The summed E-state index contributed by atoms with van der Waals surface area (Å²) in [5.41, 5.74) is -0.282. The van der Waals surface area contributed by atoms with Gasteiger partial charge in [-0.05, 0) is 30.3 Å². The fourth-order valence-electron chi connectivity index (χ4n) is 1.73. The van der Waals surface area contributed by atoms with Crippen molar-refractivity contribution in [2.45, 2.75) is 6.54 Å². The second-order valence-corrected chi connectivity index (χ2v) is 4.36. The van der Waals surface area contributed by atoms with Crippen molar-refractivity contribution in [3.05, 3.63) is 53.7 Å². The number of carbonyl (C=O) groups excluding carboxylic acids is 1. The van der Waals surface area contributed by atoms with E-state index in [4.69, 9.17) is 9.52 Å². The number of carbonyl (C=O) groups is 2. The zero-order valence-electron chi connectivity index (χ0n) is 11.2. The largest absolute Gasteiger partial charge is 0.478 e. The van der Waals surface area contributed by atoms with Crippen LogP contribution in [0.15, 0.2) is 41.0 Å². The van der Waals surface area contributed by atoms with E-state index in [0.717, 1.165) is 18.2 Å². The van der Waals surface area contributed by atoms with E-state index in [0.29, 0.717) is 5.76 Å². The minimum atomic E-state index is -1.25. The average molecular weight is 292 g/mol. The maximum atomic E-state index is 13.2. The number of rotatable bonds is 4. The number of amides is 2. The summed E-state index contributed by atoms with van der Waals surface area (Å²) >= 11 is 0. The summed E-state index contributed by atoms with van der Waals surface area (Å²) in [7, 11) is 1.51. The molecule has 0 atom stereocenters. The first kappa shape index (κ1) is 14.6. The Balaban J connectivity index is 2.11. The van der Waals surface area contributed by atoms with Crippen LogP contribution in [0.4, 0.5) is 14.9 Å². The van der Waals surface area contributed by atoms with Crippen LogP contribution in [0.3, 0.4) is 0 Å². The fraction of sp³-hybridized carbons (Fsp3) is 0.143. The summed E-state index contributed by atoms with van der Waals surface area (Å²) in [5.74, 6) is -1.31. The number of hydrogen-bond acceptors (Lipinski definition) is 3. The Kier molecular flexibility index (Phi) is 4.22. The summed E-state index contributed by atoms with van der Waals surface area (Å²) in [6.07, 6.45) is 1.48. The van der Waals surface area contributed by atoms with Crippen LogP contribution in [0.1, 0.15) is 16.1 Å². The highest BCUT2D eigenvalue weighted by atomic mass is 19.1. The van der Waals surface area contributed by atoms with Crippen LogP contribution in [0.2, 0.25) is 0 Å². The number of halogens is 1. The highest BCUT2D eigenvalue weighted by molar-refractivity contribution is 5.99. The highest BCUT2D eigenvalue weighted by Gasteiger charge is 2.16. The number of nitrogens with zero attached hydrogens (tertiary/aromatic N) is 1. The molecule has 1 heterocycles. The summed E-state index contributed by atoms with van der Waals surface area (Å²) in [6.45, 7) is 0.205. The lowest BCUT2D eigenvalue weighted by Gasteiger charge is -2.17. The molecule has 2 rings (SSSR count). The summed E-state index contributed by atoms with van der Waals surface area (Å²) < 4.78 is 18.3. The minimum Gasteiger partial charge on any atom is -0.478 e. The van der Waals surface area contributed by atoms with Gasteiger partial charge in [0.05, 0.1) is 24.1 Å². The van der Waals surface area contributed by atoms with Gasteiger partial charge in [-0.3, -0.25) is 0 Å². The number of carboxylic acids is 1. The molecule has 0 bridgehead atoms. The number of carboxylic acid groups (broad SMARTS) is 1. The van der Waals surface area contributed by atoms with Gasteiger partial charge in [0.2, 0.25) is 0 Å². The Morgan fingerprint density at radius 2 is 2.14 bits per heavy atom. The molecule has 0 aliphatic carbocycles. The second kappa shape index (κ2) is 6.08. The van der Waals surface area contributed by atoms with Crippen molar-refractivity contribution in [1.82, 2.24) is 4.90 Å². The Bertz CT molecular complexity index is 655. The normalized spacial score (nSPS) is 10.2. The van der Waals surface area contributed by atoms with E-state index < -0.39 is 17.8 Å². The number of furan rings is 1. The Hall–Kier alpha value is -2.83. The molecule has 0 spiro atoms. The third-order valence-corrected chi connectivity index (χ3v) is 2.77. The van der Waals surface area contributed by atoms with Crippen LogP contribution in [0, 0.1) is 5.82 Å². The maximum absolute atomic E-state index is 13.2. The molecular weight excluding hydrogens is 279 g/mol. The van der Waals surface area contributed by atoms with E-state index in [1.807, 2.05) is 0 Å². The van der Waals surface area contributed by atoms with Gasteiger partial charge in [-0.15, -0.1) is 0 Å². The van der Waals surface area contributed by atoms with E-state index in [1.54, 1.807) is 12.1 Å². The van der Waals surface area contributed by atoms with Gasteiger partial charge in [-0.1, -0.05) is 0 Å². The molecule has 0 unspecified atom stereocenters. The monoisotopic (exact) mass is 292 g/mol. The van der Waals surface area contributed by atoms with Crippen molar-refractivity contribution < 1.29 is 23.5 Å². The standard InChI is InChI=1S/C14H13FN2O4/c1-17(8-10-3-2-6-21-10)14(20)16-12-7-9(15)4-5-11(12)13(18)19/h2-7H,8H2,1H3,(H,16,20)(H,18,19). The van der Waals surface area contributed by atoms with E-state index >= 15 is 0 Å². The van der Waals surface area contributed by atoms with Gasteiger partial charge in [-0.25, -0.2) is 14.0 Å². The molecule has 2 amide bonds. The average Bonchev–Trinajstić information content (AvgIpc) is 2.91. The molecule has 1 aromatic heterocycles. The summed E-state index contributed by atoms with van der Waals surface area (Å²) in [6, 6.07) is 5.90. The third-order valence-electron chi connectivity index (χ3n) is 2.77. The van der Waals surface area contributed by atoms with Crippen molar-refractivity contribution in [3.63, 3.8) is 0 Å². The van der Waals surface area contributed by atoms with Crippen LogP contribution in [0.5, 0.6) is 0 Å². The second-order valence-electron chi connectivity index (χ2n) is 4.36. The Morgan fingerprint density at radius 1 is 1.38 bits per heavy atom. The fourth-order valence-corrected chi connectivity index (χ4v) is 1.73. The number of nitrogens with one attached hydrogen (secondary N) is 1. The molecule has 2 aromatic rings. The number of anilines is 1. The molecule has 2 N–H and O–H groups in total. The lowest BCUT2D eigenvalue weighted by molar-refractivity contribution is 0.0698. The predicted octanol–water partition coefficient (Wildman–Crippen LogP) is 2.78. The number of hydrogen-bond donors (Lipinski definition) is 2. The van der Waals surface area contributed by atoms with Crippen molar-refractivity contribution in [3.8, 4) is 0 Å². The van der Waals surface area contributed by atoms with Crippen LogP contribution in [-0.4, -0.2) is 29.1 Å². The lowest BCUT2D eigenvalue weighted by Crippen LogP contribution is -2.31. The van der Waals surface area contributed by atoms with Crippen molar-refractivity contribution in [1.29, 1.82) is 0 Å². The SMILES string of the molecule is CN(Cc1ccco1)C(=O)Nc1cc(F)ccc1C(=O)O. The van der Waals surface area contributed by atoms with Gasteiger partial charge >= 0.3 is 12.0 Å². The smallest absolute Gasteiger partial charge is 0.337 e. The molecule has 0 saturated carbocycles. The van der Waals surface area contributed by atoms with Crippen LogP contribution in [0.25, 0.3) is 0 Å². The molecule has 0 saturated heterocycles. The Labute approximate surface area is 119 Å². The zero-order valence-corrected chi connectivity index (χ0v) is 11.2. The summed E-state index contributed by atoms with van der Waals surface area (Å²) in [4.78, 5) is 24.3. The molecule has 0 radical (unpaired) electrons. The molecule has 6 nitrogen and oxygen atoms in total. The quantitative estimate of drug-likeness (QED) is 0.907. The third kappa shape index (κ3) is 3.59. The van der Waals surface area contributed by atoms with Crippen LogP contribution >= 0.6 is 0 Å². The molecule has 0 aliphatic heterocycles. The van der Waals surface area contributed by atoms with Crippen LogP contribution in [-0.2, 0) is 6.54 Å². The molecule has 1 aromatic carbocycles. The summed E-state index contributed by atoms with van der Waals surface area (Å²) in [5, 5.41) is 11.4. The topological polar surface area (TPSA) is 82.8 Å². The van der Waals surface area contributed by atoms with Gasteiger partial charge < -0.3 is 19.7 Å². The minimum absolute atomic E-state index is 0.0983. The van der Waals surface area contributed by atoms with Crippen molar-refractivity contribution in [2.75, 3.05) is 12.4 Å². The van der Waals surface area contributed by atoms with E-state index in [9.17, 15) is 14.0 Å². The number of benzene rings is 1. The van der Waals surface area contributed by atoms with Gasteiger partial charge in [0.25, 0.3) is 0 Å². The first-order valence-corrected chi connectivity index (χ1v) is 6.04. The van der Waals surface area contributed by atoms with Gasteiger partial charge in [0.15, 0.2) is 0 Å². The van der Waals surface area contributed by atoms with Gasteiger partial charge in [0, 0.05) is 7.05 Å². The first-order valence-electron chi connectivity index (χ1n) is 6.04. The van der Waals surface area contributed by atoms with Gasteiger partial charge in [0.1, 0.15) is 11.6 Å². The van der Waals surface area contributed by atoms with Crippen molar-refractivity contribution in [2.24, 2.45) is 0 Å². The van der Waals surface area contributed by atoms with Gasteiger partial charge in [-0.2, -0.15) is 0 Å². The predicted molar refractivity (Wildman–Crippen MR) is 72.6 cm³/mol. The number of urea groups is 1. The van der Waals surface area contributed by atoms with Crippen molar-refractivity contribution >= 4 is 17.7 Å². The van der Waals surface area contributed by atoms with Crippen LogP contribution < -0.4 is 5.32 Å². The van der Waals surface area contributed by atoms with E-state index in [2.05, 4.69) is 5.32 Å². The molecule has 21 heavy (non-hydrogen) atoms. The maximum Gasteiger partial charge on any atom is 0.337 e. The zero-order chi connectivity index (χ0) is 15.4. The van der Waals surface area contributed by atoms with E-state index in [1.165, 1.54) is 18.2 Å². The number of aromatic carboxylic acids is 1.